The fourth-order valence-corrected chi connectivity index (χ4v) is 2.09. The van der Waals surface area contributed by atoms with Gasteiger partial charge in [-0.05, 0) is 31.2 Å². The SMILES string of the molecule is CCOc1ccc(S(=O)(=O)NCC(=O)[O-])cc1. The van der Waals surface area contributed by atoms with Crippen molar-refractivity contribution in [3.63, 3.8) is 0 Å². The van der Waals surface area contributed by atoms with E-state index in [9.17, 15) is 18.3 Å². The van der Waals surface area contributed by atoms with E-state index in [0.29, 0.717) is 12.4 Å². The summed E-state index contributed by atoms with van der Waals surface area (Å²) in [5, 5.41) is 10.2. The fraction of sp³-hybridized carbons (Fsp3) is 0.300. The molecule has 17 heavy (non-hydrogen) atoms. The fourth-order valence-electron chi connectivity index (χ4n) is 1.12. The Balaban J connectivity index is 2.81. The molecule has 6 nitrogen and oxygen atoms in total. The summed E-state index contributed by atoms with van der Waals surface area (Å²) in [4.78, 5) is 10.1. The van der Waals surface area contributed by atoms with Gasteiger partial charge in [0.1, 0.15) is 5.75 Å². The summed E-state index contributed by atoms with van der Waals surface area (Å²) in [5.74, 6) is -0.939. The van der Waals surface area contributed by atoms with Gasteiger partial charge in [-0.1, -0.05) is 0 Å². The molecule has 0 fully saturated rings. The summed E-state index contributed by atoms with van der Waals surface area (Å²) in [6.45, 7) is 1.54. The third-order valence-electron chi connectivity index (χ3n) is 1.85. The number of carboxylic acid groups (broad SMARTS) is 1. The van der Waals surface area contributed by atoms with Crippen molar-refractivity contribution in [2.45, 2.75) is 11.8 Å². The Kier molecular flexibility index (Phi) is 4.47. The molecule has 0 aliphatic heterocycles. The number of carboxylic acids is 1. The maximum Gasteiger partial charge on any atom is 0.240 e. The molecule has 0 radical (unpaired) electrons. The molecule has 0 aromatic heterocycles. The second kappa shape index (κ2) is 5.65. The average molecular weight is 258 g/mol. The van der Waals surface area contributed by atoms with Crippen LogP contribution in [0.15, 0.2) is 29.2 Å². The van der Waals surface area contributed by atoms with E-state index in [1.54, 1.807) is 0 Å². The van der Waals surface area contributed by atoms with Crippen molar-refractivity contribution in [1.82, 2.24) is 4.72 Å². The number of ether oxygens (including phenoxy) is 1. The topological polar surface area (TPSA) is 95.5 Å². The molecule has 1 rings (SSSR count). The van der Waals surface area contributed by atoms with E-state index in [2.05, 4.69) is 0 Å². The second-order valence-electron chi connectivity index (χ2n) is 3.10. The van der Waals surface area contributed by atoms with Crippen LogP contribution in [0, 0.1) is 0 Å². The molecule has 0 spiro atoms. The van der Waals surface area contributed by atoms with E-state index in [0.717, 1.165) is 0 Å². The molecule has 0 amide bonds. The van der Waals surface area contributed by atoms with Crippen LogP contribution >= 0.6 is 0 Å². The number of carbonyl (C=O) groups is 1. The summed E-state index contributed by atoms with van der Waals surface area (Å²) in [7, 11) is -3.81. The lowest BCUT2D eigenvalue weighted by molar-refractivity contribution is -0.303. The monoisotopic (exact) mass is 258 g/mol. The van der Waals surface area contributed by atoms with Crippen LogP contribution in [-0.2, 0) is 14.8 Å². The Bertz CT molecular complexity index is 480. The lowest BCUT2D eigenvalue weighted by atomic mass is 10.3. The number of nitrogens with one attached hydrogen (secondary N) is 1. The summed E-state index contributed by atoms with van der Waals surface area (Å²) in [6.07, 6.45) is 0. The Morgan fingerprint density at radius 1 is 1.35 bits per heavy atom. The number of sulfonamides is 1. The normalized spacial score (nSPS) is 11.1. The van der Waals surface area contributed by atoms with Gasteiger partial charge in [-0.15, -0.1) is 0 Å². The number of hydrogen-bond donors (Lipinski definition) is 1. The van der Waals surface area contributed by atoms with E-state index in [-0.39, 0.29) is 4.90 Å². The highest BCUT2D eigenvalue weighted by Gasteiger charge is 2.13. The lowest BCUT2D eigenvalue weighted by Crippen LogP contribution is -2.37. The predicted molar refractivity (Wildman–Crippen MR) is 57.8 cm³/mol. The van der Waals surface area contributed by atoms with Gasteiger partial charge in [-0.3, -0.25) is 0 Å². The van der Waals surface area contributed by atoms with Crippen LogP contribution in [0.2, 0.25) is 0 Å². The van der Waals surface area contributed by atoms with Gasteiger partial charge in [0.05, 0.1) is 24.0 Å². The van der Waals surface area contributed by atoms with Gasteiger partial charge in [-0.2, -0.15) is 0 Å². The van der Waals surface area contributed by atoms with Crippen LogP contribution < -0.4 is 14.6 Å². The first-order chi connectivity index (χ1) is 7.95. The Morgan fingerprint density at radius 2 is 1.94 bits per heavy atom. The molecule has 0 saturated heterocycles. The number of aliphatic carboxylic acids is 1. The van der Waals surface area contributed by atoms with Gasteiger partial charge in [0, 0.05) is 0 Å². The molecule has 0 bridgehead atoms. The van der Waals surface area contributed by atoms with Gasteiger partial charge < -0.3 is 14.6 Å². The van der Waals surface area contributed by atoms with E-state index in [4.69, 9.17) is 4.74 Å². The van der Waals surface area contributed by atoms with Crippen LogP contribution in [0.25, 0.3) is 0 Å². The minimum absolute atomic E-state index is 0.0257. The minimum atomic E-state index is -3.81. The van der Waals surface area contributed by atoms with Crippen molar-refractivity contribution in [3.8, 4) is 5.75 Å². The van der Waals surface area contributed by atoms with Crippen LogP contribution in [0.5, 0.6) is 5.75 Å². The summed E-state index contributed by atoms with van der Waals surface area (Å²) >= 11 is 0. The summed E-state index contributed by atoms with van der Waals surface area (Å²) in [6, 6.07) is 5.67. The molecule has 1 aromatic rings. The molecule has 0 aliphatic rings. The Hall–Kier alpha value is -1.60. The molecule has 0 unspecified atom stereocenters. The van der Waals surface area contributed by atoms with Crippen LogP contribution in [0.3, 0.4) is 0 Å². The molecule has 0 saturated carbocycles. The van der Waals surface area contributed by atoms with E-state index < -0.39 is 22.5 Å². The standard InChI is InChI=1S/C10H13NO5S/c1-2-16-8-3-5-9(6-4-8)17(14,15)11-7-10(12)13/h3-6,11H,2,7H2,1H3,(H,12,13)/p-1. The van der Waals surface area contributed by atoms with Crippen molar-refractivity contribution in [2.75, 3.05) is 13.2 Å². The Labute approximate surface area is 99.3 Å². The molecular weight excluding hydrogens is 246 g/mol. The maximum atomic E-state index is 11.6. The zero-order valence-electron chi connectivity index (χ0n) is 9.17. The summed E-state index contributed by atoms with van der Waals surface area (Å²) in [5.41, 5.74) is 0. The highest BCUT2D eigenvalue weighted by Crippen LogP contribution is 2.15. The third-order valence-corrected chi connectivity index (χ3v) is 3.27. The van der Waals surface area contributed by atoms with Crippen molar-refractivity contribution >= 4 is 16.0 Å². The number of hydrogen-bond acceptors (Lipinski definition) is 5. The van der Waals surface area contributed by atoms with Crippen molar-refractivity contribution in [3.05, 3.63) is 24.3 Å². The first-order valence-electron chi connectivity index (χ1n) is 4.88. The number of rotatable bonds is 6. The molecule has 0 atom stereocenters. The highest BCUT2D eigenvalue weighted by atomic mass is 32.2. The zero-order chi connectivity index (χ0) is 12.9. The van der Waals surface area contributed by atoms with E-state index in [1.807, 2.05) is 11.6 Å². The molecule has 1 N–H and O–H groups in total. The second-order valence-corrected chi connectivity index (χ2v) is 4.87. The third kappa shape index (κ3) is 4.04. The molecule has 94 valence electrons. The van der Waals surface area contributed by atoms with Gasteiger partial charge in [-0.25, -0.2) is 13.1 Å². The minimum Gasteiger partial charge on any atom is -0.549 e. The first-order valence-corrected chi connectivity index (χ1v) is 6.36. The molecule has 1 aromatic carbocycles. The zero-order valence-corrected chi connectivity index (χ0v) is 9.99. The molecular formula is C10H12NO5S-. The van der Waals surface area contributed by atoms with E-state index in [1.165, 1.54) is 24.3 Å². The maximum absolute atomic E-state index is 11.6. The number of carbonyl (C=O) groups excluding carboxylic acids is 1. The molecule has 7 heteroatoms. The van der Waals surface area contributed by atoms with Gasteiger partial charge in [0.2, 0.25) is 10.0 Å². The van der Waals surface area contributed by atoms with E-state index >= 15 is 0 Å². The van der Waals surface area contributed by atoms with Crippen LogP contribution in [0.1, 0.15) is 6.92 Å². The predicted octanol–water partition coefficient (Wildman–Crippen LogP) is -0.886. The van der Waals surface area contributed by atoms with Crippen molar-refractivity contribution < 1.29 is 23.1 Å². The molecule has 0 aliphatic carbocycles. The van der Waals surface area contributed by atoms with Crippen molar-refractivity contribution in [1.29, 1.82) is 0 Å². The van der Waals surface area contributed by atoms with Gasteiger partial charge in [0.15, 0.2) is 0 Å². The average Bonchev–Trinajstić information content (AvgIpc) is 2.28. The van der Waals surface area contributed by atoms with Gasteiger partial charge in [0.25, 0.3) is 0 Å². The number of benzene rings is 1. The van der Waals surface area contributed by atoms with Crippen molar-refractivity contribution in [2.24, 2.45) is 0 Å². The summed E-state index contributed by atoms with van der Waals surface area (Å²) < 4.78 is 30.2. The quantitative estimate of drug-likeness (QED) is 0.714. The van der Waals surface area contributed by atoms with Crippen LogP contribution in [-0.4, -0.2) is 27.5 Å². The lowest BCUT2D eigenvalue weighted by Gasteiger charge is -2.08. The smallest absolute Gasteiger partial charge is 0.240 e. The first kappa shape index (κ1) is 13.5. The largest absolute Gasteiger partial charge is 0.549 e. The highest BCUT2D eigenvalue weighted by molar-refractivity contribution is 7.89. The molecule has 0 heterocycles. The van der Waals surface area contributed by atoms with Crippen LogP contribution in [0.4, 0.5) is 0 Å². The van der Waals surface area contributed by atoms with Gasteiger partial charge >= 0.3 is 0 Å². The Morgan fingerprint density at radius 3 is 2.41 bits per heavy atom.